The van der Waals surface area contributed by atoms with E-state index in [0.29, 0.717) is 16.3 Å². The summed E-state index contributed by atoms with van der Waals surface area (Å²) in [5.41, 5.74) is 0.665. The zero-order valence-corrected chi connectivity index (χ0v) is 7.84. The van der Waals surface area contributed by atoms with Gasteiger partial charge >= 0.3 is 5.97 Å². The molecule has 13 heavy (non-hydrogen) atoms. The van der Waals surface area contributed by atoms with Gasteiger partial charge in [0, 0.05) is 0 Å². The normalized spacial score (nSPS) is 9.69. The van der Waals surface area contributed by atoms with Crippen molar-refractivity contribution in [3.05, 3.63) is 28.8 Å². The van der Waals surface area contributed by atoms with Crippen LogP contribution in [0.15, 0.2) is 18.2 Å². The lowest BCUT2D eigenvalue weighted by atomic mass is 10.1. The molecule has 70 valence electrons. The van der Waals surface area contributed by atoms with Gasteiger partial charge in [-0.3, -0.25) is 4.79 Å². The first-order valence-electron chi connectivity index (χ1n) is 3.67. The molecule has 4 heteroatoms. The second-order valence-electron chi connectivity index (χ2n) is 2.54. The average molecular weight is 201 g/mol. The van der Waals surface area contributed by atoms with Crippen molar-refractivity contribution >= 4 is 17.6 Å². The van der Waals surface area contributed by atoms with Crippen molar-refractivity contribution in [3.8, 4) is 5.75 Å². The van der Waals surface area contributed by atoms with Gasteiger partial charge in [0.25, 0.3) is 0 Å². The zero-order valence-electron chi connectivity index (χ0n) is 7.08. The first kappa shape index (κ1) is 9.86. The average Bonchev–Trinajstić information content (AvgIpc) is 2.03. The third-order valence-electron chi connectivity index (χ3n) is 1.57. The number of carboxylic acids is 1. The van der Waals surface area contributed by atoms with Gasteiger partial charge in [0.2, 0.25) is 0 Å². The highest BCUT2D eigenvalue weighted by Gasteiger charge is 2.04. The van der Waals surface area contributed by atoms with Crippen LogP contribution in [-0.2, 0) is 11.2 Å². The molecule has 0 fully saturated rings. The van der Waals surface area contributed by atoms with E-state index in [1.165, 1.54) is 7.11 Å². The fraction of sp³-hybridized carbons (Fsp3) is 0.222. The molecule has 0 aromatic heterocycles. The monoisotopic (exact) mass is 200 g/mol. The molecule has 0 aliphatic carbocycles. The highest BCUT2D eigenvalue weighted by Crippen LogP contribution is 2.24. The quantitative estimate of drug-likeness (QED) is 0.812. The fourth-order valence-electron chi connectivity index (χ4n) is 0.994. The number of benzene rings is 1. The lowest BCUT2D eigenvalue weighted by Crippen LogP contribution is -1.99. The highest BCUT2D eigenvalue weighted by molar-refractivity contribution is 6.32. The maximum atomic E-state index is 10.4. The van der Waals surface area contributed by atoms with Gasteiger partial charge in [0.05, 0.1) is 18.6 Å². The minimum atomic E-state index is -0.874. The largest absolute Gasteiger partial charge is 0.495 e. The van der Waals surface area contributed by atoms with Gasteiger partial charge in [-0.25, -0.2) is 0 Å². The van der Waals surface area contributed by atoms with E-state index in [-0.39, 0.29) is 6.42 Å². The van der Waals surface area contributed by atoms with Gasteiger partial charge < -0.3 is 9.84 Å². The number of carbonyl (C=O) groups is 1. The van der Waals surface area contributed by atoms with Crippen LogP contribution < -0.4 is 4.74 Å². The van der Waals surface area contributed by atoms with Gasteiger partial charge in [-0.1, -0.05) is 17.7 Å². The van der Waals surface area contributed by atoms with E-state index >= 15 is 0 Å². The molecule has 0 saturated carbocycles. The van der Waals surface area contributed by atoms with Gasteiger partial charge in [-0.15, -0.1) is 0 Å². The Balaban J connectivity index is 2.89. The summed E-state index contributed by atoms with van der Waals surface area (Å²) in [5.74, 6) is -0.322. The third-order valence-corrected chi connectivity index (χ3v) is 1.87. The smallest absolute Gasteiger partial charge is 0.307 e. The van der Waals surface area contributed by atoms with Crippen LogP contribution >= 0.6 is 11.6 Å². The number of halogens is 1. The van der Waals surface area contributed by atoms with Crippen molar-refractivity contribution in [2.45, 2.75) is 6.42 Å². The fourth-order valence-corrected chi connectivity index (χ4v) is 1.27. The van der Waals surface area contributed by atoms with Crippen LogP contribution in [0, 0.1) is 0 Å². The number of methoxy groups -OCH3 is 1. The lowest BCUT2D eigenvalue weighted by Gasteiger charge is -2.03. The van der Waals surface area contributed by atoms with Crippen LogP contribution in [0.5, 0.6) is 5.75 Å². The number of hydrogen-bond donors (Lipinski definition) is 1. The van der Waals surface area contributed by atoms with E-state index in [0.717, 1.165) is 0 Å². The summed E-state index contributed by atoms with van der Waals surface area (Å²) in [6, 6.07) is 4.92. The molecule has 0 saturated heterocycles. The molecular weight excluding hydrogens is 192 g/mol. The van der Waals surface area contributed by atoms with Crippen LogP contribution in [0.3, 0.4) is 0 Å². The topological polar surface area (TPSA) is 46.5 Å². The molecule has 0 spiro atoms. The van der Waals surface area contributed by atoms with Crippen LogP contribution in [0.25, 0.3) is 0 Å². The SMILES string of the molecule is COc1ccc(CC(=O)O)cc1Cl. The molecule has 0 bridgehead atoms. The summed E-state index contributed by atoms with van der Waals surface area (Å²) in [7, 11) is 1.51. The number of aliphatic carboxylic acids is 1. The molecule has 0 radical (unpaired) electrons. The maximum Gasteiger partial charge on any atom is 0.307 e. The maximum absolute atomic E-state index is 10.4. The Morgan fingerprint density at radius 1 is 1.62 bits per heavy atom. The van der Waals surface area contributed by atoms with E-state index < -0.39 is 5.97 Å². The number of ether oxygens (including phenoxy) is 1. The standard InChI is InChI=1S/C9H9ClO3/c1-13-8-3-2-6(4-7(8)10)5-9(11)12/h2-4H,5H2,1H3,(H,11,12). The summed E-state index contributed by atoms with van der Waals surface area (Å²) in [5, 5.41) is 8.94. The zero-order chi connectivity index (χ0) is 9.84. The lowest BCUT2D eigenvalue weighted by molar-refractivity contribution is -0.136. The first-order valence-corrected chi connectivity index (χ1v) is 4.05. The summed E-state index contributed by atoms with van der Waals surface area (Å²) in [6.07, 6.45) is -0.0241. The third kappa shape index (κ3) is 2.63. The summed E-state index contributed by atoms with van der Waals surface area (Å²) in [6.45, 7) is 0. The number of hydrogen-bond acceptors (Lipinski definition) is 2. The van der Waals surface area contributed by atoms with Crippen molar-refractivity contribution in [2.24, 2.45) is 0 Å². The van der Waals surface area contributed by atoms with E-state index in [9.17, 15) is 4.79 Å². The molecule has 1 aromatic carbocycles. The number of carboxylic acid groups (broad SMARTS) is 1. The second kappa shape index (κ2) is 4.14. The van der Waals surface area contributed by atoms with Gasteiger partial charge in [-0.05, 0) is 17.7 Å². The van der Waals surface area contributed by atoms with Crippen LogP contribution in [0.2, 0.25) is 5.02 Å². The second-order valence-corrected chi connectivity index (χ2v) is 2.95. The van der Waals surface area contributed by atoms with Crippen molar-refractivity contribution in [2.75, 3.05) is 7.11 Å². The first-order chi connectivity index (χ1) is 6.13. The molecule has 0 unspecified atom stereocenters. The Morgan fingerprint density at radius 2 is 2.31 bits per heavy atom. The van der Waals surface area contributed by atoms with E-state index in [1.807, 2.05) is 0 Å². The van der Waals surface area contributed by atoms with Crippen LogP contribution in [0.4, 0.5) is 0 Å². The summed E-state index contributed by atoms with van der Waals surface area (Å²) < 4.78 is 4.93. The molecular formula is C9H9ClO3. The molecule has 3 nitrogen and oxygen atoms in total. The predicted octanol–water partition coefficient (Wildman–Crippen LogP) is 1.98. The molecule has 0 heterocycles. The minimum Gasteiger partial charge on any atom is -0.495 e. The predicted molar refractivity (Wildman–Crippen MR) is 49.3 cm³/mol. The minimum absolute atomic E-state index is 0.0241. The van der Waals surface area contributed by atoms with E-state index in [4.69, 9.17) is 21.4 Å². The molecule has 0 aliphatic rings. The molecule has 1 rings (SSSR count). The van der Waals surface area contributed by atoms with Crippen LogP contribution in [-0.4, -0.2) is 18.2 Å². The summed E-state index contributed by atoms with van der Waals surface area (Å²) >= 11 is 5.80. The Hall–Kier alpha value is -1.22. The summed E-state index contributed by atoms with van der Waals surface area (Å²) in [4.78, 5) is 10.4. The highest BCUT2D eigenvalue weighted by atomic mass is 35.5. The van der Waals surface area contributed by atoms with Gasteiger partial charge in [-0.2, -0.15) is 0 Å². The Morgan fingerprint density at radius 3 is 2.77 bits per heavy atom. The van der Waals surface area contributed by atoms with Crippen LogP contribution in [0.1, 0.15) is 5.56 Å². The van der Waals surface area contributed by atoms with Gasteiger partial charge in [0.15, 0.2) is 0 Å². The van der Waals surface area contributed by atoms with E-state index in [2.05, 4.69) is 0 Å². The number of rotatable bonds is 3. The Labute approximate surface area is 80.9 Å². The Bertz CT molecular complexity index is 323. The van der Waals surface area contributed by atoms with Crippen molar-refractivity contribution in [3.63, 3.8) is 0 Å². The molecule has 0 aliphatic heterocycles. The molecule has 1 N–H and O–H groups in total. The van der Waals surface area contributed by atoms with Gasteiger partial charge in [0.1, 0.15) is 5.75 Å². The van der Waals surface area contributed by atoms with E-state index in [1.54, 1.807) is 18.2 Å². The molecule has 0 amide bonds. The molecule has 1 aromatic rings. The van der Waals surface area contributed by atoms with Crippen molar-refractivity contribution < 1.29 is 14.6 Å². The Kier molecular flexibility index (Phi) is 3.14. The molecule has 0 atom stereocenters. The van der Waals surface area contributed by atoms with Crippen molar-refractivity contribution in [1.29, 1.82) is 0 Å². The van der Waals surface area contributed by atoms with Crippen molar-refractivity contribution in [1.82, 2.24) is 0 Å².